The van der Waals surface area contributed by atoms with Crippen molar-refractivity contribution in [1.82, 2.24) is 15.5 Å². The maximum atomic E-state index is 14.4. The van der Waals surface area contributed by atoms with Crippen molar-refractivity contribution in [3.63, 3.8) is 0 Å². The molecule has 0 aromatic heterocycles. The third-order valence-electron chi connectivity index (χ3n) is 12.4. The number of rotatable bonds is 47. The van der Waals surface area contributed by atoms with E-state index in [2.05, 4.69) is 44.0 Å². The molecule has 0 aromatic rings. The molecule has 0 saturated heterocycles. The van der Waals surface area contributed by atoms with E-state index in [1.165, 1.54) is 96.8 Å². The van der Waals surface area contributed by atoms with Gasteiger partial charge in [0, 0.05) is 31.4 Å². The van der Waals surface area contributed by atoms with Crippen LogP contribution in [0.1, 0.15) is 246 Å². The van der Waals surface area contributed by atoms with E-state index in [9.17, 15) is 38.7 Å². The van der Waals surface area contributed by atoms with E-state index in [4.69, 9.17) is 15.2 Å². The molecule has 1 unspecified atom stereocenters. The van der Waals surface area contributed by atoms with Crippen LogP contribution in [0.2, 0.25) is 0 Å². The number of hydrogen-bond acceptors (Lipinski definition) is 10. The molecule has 0 saturated carbocycles. The van der Waals surface area contributed by atoms with Crippen molar-refractivity contribution < 1.29 is 48.1 Å². The topological polar surface area (TPSA) is 211 Å². The molecule has 0 bridgehead atoms. The fraction of sp³-hybridized carbons (Fsp3) is 0.865. The van der Waals surface area contributed by atoms with Gasteiger partial charge >= 0.3 is 17.9 Å². The van der Waals surface area contributed by atoms with Crippen molar-refractivity contribution in [2.24, 2.45) is 5.73 Å². The molecule has 67 heavy (non-hydrogen) atoms. The van der Waals surface area contributed by atoms with Crippen molar-refractivity contribution in [1.29, 1.82) is 0 Å². The van der Waals surface area contributed by atoms with Gasteiger partial charge in [-0.25, -0.2) is 0 Å². The smallest absolute Gasteiger partial charge is 0.306 e. The van der Waals surface area contributed by atoms with Crippen molar-refractivity contribution in [3.05, 3.63) is 0 Å². The number of amides is 4. The number of carboxylic acids is 1. The second-order valence-electron chi connectivity index (χ2n) is 18.6. The van der Waals surface area contributed by atoms with Crippen LogP contribution in [-0.2, 0) is 43.0 Å². The second kappa shape index (κ2) is 43.9. The number of nitrogens with zero attached hydrogens (tertiary/aromatic N) is 1. The lowest BCUT2D eigenvalue weighted by molar-refractivity contribution is -0.163. The van der Waals surface area contributed by atoms with E-state index in [0.717, 1.165) is 81.9 Å². The first-order valence-corrected chi connectivity index (χ1v) is 27.3. The maximum Gasteiger partial charge on any atom is 0.306 e. The molecule has 0 aliphatic heterocycles. The Morgan fingerprint density at radius 1 is 0.552 bits per heavy atom. The van der Waals surface area contributed by atoms with Gasteiger partial charge in [0.1, 0.15) is 24.7 Å². The molecular formula is C52H96N4O10S. The molecule has 15 heteroatoms. The molecule has 0 spiro atoms. The Hall–Kier alpha value is -3.36. The van der Waals surface area contributed by atoms with Gasteiger partial charge in [-0.05, 0) is 32.6 Å². The molecule has 4 atom stereocenters. The Kier molecular flexibility index (Phi) is 41.7. The highest BCUT2D eigenvalue weighted by Crippen LogP contribution is 2.17. The number of nitrogens with one attached hydrogen (secondary N) is 2. The summed E-state index contributed by atoms with van der Waals surface area (Å²) >= 11 is 4.38. The number of carboxylic acid groups (broad SMARTS) is 1. The Morgan fingerprint density at radius 3 is 1.36 bits per heavy atom. The van der Waals surface area contributed by atoms with Gasteiger partial charge in [0.15, 0.2) is 6.10 Å². The fourth-order valence-corrected chi connectivity index (χ4v) is 8.28. The lowest BCUT2D eigenvalue weighted by atomic mass is 10.1. The van der Waals surface area contributed by atoms with Crippen molar-refractivity contribution in [2.45, 2.75) is 270 Å². The zero-order chi connectivity index (χ0) is 49.9. The molecule has 390 valence electrons. The molecule has 0 fully saturated rings. The van der Waals surface area contributed by atoms with Crippen LogP contribution in [0.25, 0.3) is 0 Å². The predicted octanol–water partition coefficient (Wildman–Crippen LogP) is 10.5. The minimum absolute atomic E-state index is 0.113. The third kappa shape index (κ3) is 36.3. The van der Waals surface area contributed by atoms with E-state index < -0.39 is 72.8 Å². The van der Waals surface area contributed by atoms with Crippen LogP contribution in [-0.4, -0.2) is 94.7 Å². The number of aliphatic carboxylic acids is 1. The summed E-state index contributed by atoms with van der Waals surface area (Å²) in [4.78, 5) is 92.4. The van der Waals surface area contributed by atoms with Crippen LogP contribution in [0.15, 0.2) is 0 Å². The Morgan fingerprint density at radius 2 is 0.955 bits per heavy atom. The zero-order valence-electron chi connectivity index (χ0n) is 42.6. The van der Waals surface area contributed by atoms with Crippen LogP contribution in [0.4, 0.5) is 0 Å². The van der Waals surface area contributed by atoms with Gasteiger partial charge in [-0.1, -0.05) is 188 Å². The number of nitrogens with two attached hydrogens (primary N) is 1. The summed E-state index contributed by atoms with van der Waals surface area (Å²) in [6, 6.07) is -3.85. The molecule has 0 radical (unpaired) electrons. The lowest BCUT2D eigenvalue weighted by Crippen LogP contribution is -2.59. The van der Waals surface area contributed by atoms with Crippen LogP contribution in [0.3, 0.4) is 0 Å². The maximum absolute atomic E-state index is 14.4. The largest absolute Gasteiger partial charge is 0.481 e. The highest BCUT2D eigenvalue weighted by atomic mass is 32.1. The summed E-state index contributed by atoms with van der Waals surface area (Å²) in [5.74, 6) is -5.16. The number of primary amides is 1. The highest BCUT2D eigenvalue weighted by molar-refractivity contribution is 7.80. The van der Waals surface area contributed by atoms with E-state index in [1.807, 2.05) is 0 Å². The quantitative estimate of drug-likeness (QED) is 0.0221. The number of thiol groups is 1. The first-order chi connectivity index (χ1) is 32.3. The van der Waals surface area contributed by atoms with E-state index in [0.29, 0.717) is 19.3 Å². The van der Waals surface area contributed by atoms with Crippen molar-refractivity contribution in [2.75, 3.05) is 18.9 Å². The van der Waals surface area contributed by atoms with Gasteiger partial charge in [0.05, 0.1) is 6.54 Å². The molecule has 0 aliphatic rings. The normalized spacial score (nSPS) is 13.0. The number of ether oxygens (including phenoxy) is 2. The molecule has 0 heterocycles. The number of unbranched alkanes of at least 4 members (excludes halogenated alkanes) is 26. The summed E-state index contributed by atoms with van der Waals surface area (Å²) in [6.45, 7) is 7.22. The van der Waals surface area contributed by atoms with Crippen molar-refractivity contribution in [3.8, 4) is 0 Å². The monoisotopic (exact) mass is 969 g/mol. The van der Waals surface area contributed by atoms with E-state index in [-0.39, 0.29) is 44.0 Å². The van der Waals surface area contributed by atoms with Crippen LogP contribution < -0.4 is 16.4 Å². The van der Waals surface area contributed by atoms with E-state index in [1.54, 1.807) is 0 Å². The Labute approximate surface area is 411 Å². The van der Waals surface area contributed by atoms with Crippen LogP contribution in [0.5, 0.6) is 0 Å². The number of carbonyl (C=O) groups is 7. The van der Waals surface area contributed by atoms with Crippen LogP contribution in [0, 0.1) is 0 Å². The van der Waals surface area contributed by atoms with Gasteiger partial charge in [-0.15, -0.1) is 0 Å². The third-order valence-corrected chi connectivity index (χ3v) is 12.7. The first kappa shape index (κ1) is 63.6. The van der Waals surface area contributed by atoms with E-state index >= 15 is 0 Å². The summed E-state index contributed by atoms with van der Waals surface area (Å²) in [6.07, 6.45) is 30.3. The molecule has 4 amide bonds. The Balaban J connectivity index is 6.03. The van der Waals surface area contributed by atoms with Gasteiger partial charge in [-0.3, -0.25) is 33.6 Å². The highest BCUT2D eigenvalue weighted by Gasteiger charge is 2.36. The minimum atomic E-state index is -1.35. The summed E-state index contributed by atoms with van der Waals surface area (Å²) in [5.41, 5.74) is 5.51. The lowest BCUT2D eigenvalue weighted by Gasteiger charge is -2.34. The molecule has 0 aromatic carbocycles. The molecule has 0 rings (SSSR count). The van der Waals surface area contributed by atoms with Crippen LogP contribution >= 0.6 is 12.6 Å². The van der Waals surface area contributed by atoms with Gasteiger partial charge in [0.2, 0.25) is 23.6 Å². The second-order valence-corrected chi connectivity index (χ2v) is 19.0. The number of carbonyl (C=O) groups excluding carboxylic acids is 6. The van der Waals surface area contributed by atoms with Gasteiger partial charge in [0.25, 0.3) is 0 Å². The summed E-state index contributed by atoms with van der Waals surface area (Å²) in [7, 11) is 0. The average molecular weight is 969 g/mol. The van der Waals surface area contributed by atoms with Gasteiger partial charge in [-0.2, -0.15) is 12.6 Å². The number of hydrogen-bond donors (Lipinski definition) is 5. The van der Waals surface area contributed by atoms with Crippen molar-refractivity contribution >= 4 is 54.2 Å². The van der Waals surface area contributed by atoms with Gasteiger partial charge < -0.3 is 35.8 Å². The fourth-order valence-electron chi connectivity index (χ4n) is 8.03. The SMILES string of the molecule is CCCCCCCCCCCCCC(=O)OC[C@@H](CN(C(=O)C(CS)NC(=O)CCCCCCCCC)[C@@H](C)C(=O)N[C@H](CCC(=O)O)C(N)=O)OC(=O)CCCCCCCCCCCCC. The summed E-state index contributed by atoms with van der Waals surface area (Å²) in [5, 5.41) is 14.4. The molecule has 0 aliphatic carbocycles. The molecular weight excluding hydrogens is 873 g/mol. The predicted molar refractivity (Wildman–Crippen MR) is 271 cm³/mol. The zero-order valence-corrected chi connectivity index (χ0v) is 43.5. The minimum Gasteiger partial charge on any atom is -0.481 e. The first-order valence-electron chi connectivity index (χ1n) is 26.7. The number of esters is 2. The summed E-state index contributed by atoms with van der Waals surface area (Å²) < 4.78 is 11.6. The average Bonchev–Trinajstić information content (AvgIpc) is 3.30. The molecule has 14 nitrogen and oxygen atoms in total. The Bertz CT molecular complexity index is 1340. The molecule has 5 N–H and O–H groups in total. The standard InChI is InChI=1S/C52H96N4O10S/c1-5-8-11-14-17-19-21-23-26-29-32-35-48(60)65-40-43(66-49(61)36-33-30-27-24-22-20-18-15-12-9-6-2)39-56(42(4)51(63)55-44(50(53)62)37-38-47(58)59)52(64)45(41-67)54-46(57)34-31-28-25-16-13-10-7-3/h42-45,67H,5-41H2,1-4H3,(H2,53,62)(H,54,57)(H,55,63)(H,58,59)/t42-,43+,44+,45?/m0/s1.